The summed E-state index contributed by atoms with van der Waals surface area (Å²) in [5, 5.41) is 0. The van der Waals surface area contributed by atoms with E-state index in [1.165, 1.54) is 5.56 Å². The van der Waals surface area contributed by atoms with E-state index in [1.54, 1.807) is 0 Å². The van der Waals surface area contributed by atoms with Crippen LogP contribution in [0.5, 0.6) is 0 Å². The smallest absolute Gasteiger partial charge is 0.103 e. The fourth-order valence-corrected chi connectivity index (χ4v) is 1.92. The summed E-state index contributed by atoms with van der Waals surface area (Å²) < 4.78 is 5.98. The Morgan fingerprint density at radius 2 is 1.94 bits per heavy atom. The third-order valence-electron chi connectivity index (χ3n) is 2.91. The van der Waals surface area contributed by atoms with Crippen molar-refractivity contribution in [1.29, 1.82) is 0 Å². The summed E-state index contributed by atoms with van der Waals surface area (Å²) in [4.78, 5) is 0. The normalized spacial score (nSPS) is 22.7. The Morgan fingerprint density at radius 3 is 2.67 bits per heavy atom. The van der Waals surface area contributed by atoms with Crippen molar-refractivity contribution in [3.8, 4) is 0 Å². The molecule has 0 fully saturated rings. The summed E-state index contributed by atoms with van der Waals surface area (Å²) in [5.41, 5.74) is 1.90. The van der Waals surface area contributed by atoms with Gasteiger partial charge >= 0.3 is 0 Å². The van der Waals surface area contributed by atoms with E-state index in [2.05, 4.69) is 12.1 Å². The van der Waals surface area contributed by atoms with Gasteiger partial charge in [0.15, 0.2) is 0 Å². The van der Waals surface area contributed by atoms with E-state index in [0.717, 1.165) is 5.57 Å². The summed E-state index contributed by atoms with van der Waals surface area (Å²) in [6, 6.07) is 10.2. The highest BCUT2D eigenvalue weighted by atomic mass is 35.5. The van der Waals surface area contributed by atoms with Crippen LogP contribution < -0.4 is 0 Å². The minimum absolute atomic E-state index is 0.375. The number of rotatable bonds is 4. The van der Waals surface area contributed by atoms with Crippen LogP contribution in [0, 0.1) is 0 Å². The minimum atomic E-state index is -0.375. The van der Waals surface area contributed by atoms with Gasteiger partial charge in [-0.05, 0) is 30.2 Å². The van der Waals surface area contributed by atoms with Crippen LogP contribution in [0.2, 0.25) is 0 Å². The van der Waals surface area contributed by atoms with Crippen LogP contribution in [0.3, 0.4) is 0 Å². The number of halogens is 1. The maximum Gasteiger partial charge on any atom is 0.103 e. The number of benzene rings is 1. The molecule has 0 radical (unpaired) electrons. The molecule has 0 N–H and O–H groups in total. The molecule has 1 aliphatic rings. The van der Waals surface area contributed by atoms with Crippen LogP contribution in [0.1, 0.15) is 12.5 Å². The van der Waals surface area contributed by atoms with Crippen molar-refractivity contribution in [3.63, 3.8) is 0 Å². The van der Waals surface area contributed by atoms with Crippen LogP contribution in [0.15, 0.2) is 66.3 Å². The molecular weight excluding hydrogens is 244 g/mol. The highest BCUT2D eigenvalue weighted by molar-refractivity contribution is 6.19. The second kappa shape index (κ2) is 6.03. The van der Waals surface area contributed by atoms with E-state index >= 15 is 0 Å². The van der Waals surface area contributed by atoms with Crippen molar-refractivity contribution < 1.29 is 4.74 Å². The van der Waals surface area contributed by atoms with E-state index in [9.17, 15) is 0 Å². The molecule has 0 aromatic heterocycles. The van der Waals surface area contributed by atoms with Crippen LogP contribution >= 0.6 is 11.6 Å². The van der Waals surface area contributed by atoms with Gasteiger partial charge in [-0.15, -0.1) is 11.6 Å². The summed E-state index contributed by atoms with van der Waals surface area (Å²) in [5.74, 6) is 0.523. The van der Waals surface area contributed by atoms with Gasteiger partial charge in [0, 0.05) is 5.88 Å². The van der Waals surface area contributed by atoms with Gasteiger partial charge < -0.3 is 4.74 Å². The van der Waals surface area contributed by atoms with Crippen molar-refractivity contribution in [2.45, 2.75) is 19.1 Å². The Labute approximate surface area is 113 Å². The maximum absolute atomic E-state index is 5.98. The Bertz CT molecular complexity index is 473. The van der Waals surface area contributed by atoms with Gasteiger partial charge in [-0.1, -0.05) is 48.6 Å². The van der Waals surface area contributed by atoms with Gasteiger partial charge in [0.05, 0.1) is 6.61 Å². The first-order valence-electron chi connectivity index (χ1n) is 6.03. The van der Waals surface area contributed by atoms with Crippen LogP contribution in [0.25, 0.3) is 0 Å². The van der Waals surface area contributed by atoms with Gasteiger partial charge in [-0.3, -0.25) is 0 Å². The zero-order valence-corrected chi connectivity index (χ0v) is 11.2. The van der Waals surface area contributed by atoms with Gasteiger partial charge in [0.1, 0.15) is 5.60 Å². The molecule has 0 amide bonds. The fourth-order valence-electron chi connectivity index (χ4n) is 1.74. The molecule has 2 heteroatoms. The Balaban J connectivity index is 2.01. The first-order chi connectivity index (χ1) is 8.72. The molecule has 1 unspecified atom stereocenters. The average Bonchev–Trinajstić information content (AvgIpc) is 2.60. The third-order valence-corrected chi connectivity index (χ3v) is 3.22. The summed E-state index contributed by atoms with van der Waals surface area (Å²) in [6.07, 6.45) is 10.1. The molecule has 1 atom stereocenters. The standard InChI is InChI=1S/C16H17ClO/c1-16(10-5-8-14(12-17)9-11-16)18-13-15-6-3-2-4-7-15/h2-11H,12-13H2,1H3. The van der Waals surface area contributed by atoms with Crippen molar-refractivity contribution in [1.82, 2.24) is 0 Å². The van der Waals surface area contributed by atoms with Gasteiger partial charge in [-0.2, -0.15) is 0 Å². The second-order valence-corrected chi connectivity index (χ2v) is 4.79. The van der Waals surface area contributed by atoms with Crippen LogP contribution in [-0.4, -0.2) is 11.5 Å². The molecule has 1 aliphatic carbocycles. The van der Waals surface area contributed by atoms with Crippen molar-refractivity contribution in [2.75, 3.05) is 5.88 Å². The zero-order chi connectivity index (χ0) is 12.8. The number of allylic oxidation sites excluding steroid dienone is 4. The van der Waals surface area contributed by atoms with Crippen molar-refractivity contribution in [2.24, 2.45) is 0 Å². The lowest BCUT2D eigenvalue weighted by Crippen LogP contribution is -2.22. The van der Waals surface area contributed by atoms with Gasteiger partial charge in [-0.25, -0.2) is 0 Å². The van der Waals surface area contributed by atoms with E-state index in [0.29, 0.717) is 12.5 Å². The molecule has 1 aromatic carbocycles. The highest BCUT2D eigenvalue weighted by Crippen LogP contribution is 2.21. The first-order valence-corrected chi connectivity index (χ1v) is 6.57. The molecule has 2 rings (SSSR count). The molecular formula is C16H17ClO. The Hall–Kier alpha value is -1.31. The molecule has 0 aliphatic heterocycles. The predicted molar refractivity (Wildman–Crippen MR) is 76.7 cm³/mol. The monoisotopic (exact) mass is 260 g/mol. The van der Waals surface area contributed by atoms with E-state index in [1.807, 2.05) is 55.5 Å². The van der Waals surface area contributed by atoms with Crippen LogP contribution in [0.4, 0.5) is 0 Å². The lowest BCUT2D eigenvalue weighted by molar-refractivity contribution is 0.0285. The minimum Gasteiger partial charge on any atom is -0.362 e. The molecule has 1 aromatic rings. The summed E-state index contributed by atoms with van der Waals surface area (Å²) in [7, 11) is 0. The van der Waals surface area contributed by atoms with Crippen molar-refractivity contribution in [3.05, 3.63) is 71.8 Å². The molecule has 0 saturated carbocycles. The molecule has 0 saturated heterocycles. The Kier molecular flexibility index (Phi) is 4.40. The average molecular weight is 261 g/mol. The van der Waals surface area contributed by atoms with Crippen molar-refractivity contribution >= 4 is 11.6 Å². The maximum atomic E-state index is 5.98. The fraction of sp³-hybridized carbons (Fsp3) is 0.250. The third kappa shape index (κ3) is 3.59. The lowest BCUT2D eigenvalue weighted by atomic mass is 10.1. The quantitative estimate of drug-likeness (QED) is 0.736. The molecule has 0 heterocycles. The molecule has 1 nitrogen and oxygen atoms in total. The molecule has 0 bridgehead atoms. The largest absolute Gasteiger partial charge is 0.362 e. The van der Waals surface area contributed by atoms with E-state index in [-0.39, 0.29) is 5.60 Å². The number of ether oxygens (including phenoxy) is 1. The van der Waals surface area contributed by atoms with Gasteiger partial charge in [0.25, 0.3) is 0 Å². The van der Waals surface area contributed by atoms with Gasteiger partial charge in [0.2, 0.25) is 0 Å². The van der Waals surface area contributed by atoms with Crippen LogP contribution in [-0.2, 0) is 11.3 Å². The number of alkyl halides is 1. The Morgan fingerprint density at radius 1 is 1.17 bits per heavy atom. The SMILES string of the molecule is CC1(OCc2ccccc2)C=CC=C(CCl)C=C1. The predicted octanol–water partition coefficient (Wildman–Crippen LogP) is 4.25. The number of hydrogen-bond acceptors (Lipinski definition) is 1. The zero-order valence-electron chi connectivity index (χ0n) is 10.5. The lowest BCUT2D eigenvalue weighted by Gasteiger charge is -2.22. The van der Waals surface area contributed by atoms with E-state index < -0.39 is 0 Å². The molecule has 94 valence electrons. The summed E-state index contributed by atoms with van der Waals surface area (Å²) >= 11 is 5.82. The first kappa shape index (κ1) is 13.1. The second-order valence-electron chi connectivity index (χ2n) is 4.53. The molecule has 18 heavy (non-hydrogen) atoms. The summed E-state index contributed by atoms with van der Waals surface area (Å²) in [6.45, 7) is 2.65. The van der Waals surface area contributed by atoms with E-state index in [4.69, 9.17) is 16.3 Å². The molecule has 0 spiro atoms. The topological polar surface area (TPSA) is 9.23 Å². The number of hydrogen-bond donors (Lipinski definition) is 0. The highest BCUT2D eigenvalue weighted by Gasteiger charge is 2.18.